The van der Waals surface area contributed by atoms with E-state index in [-0.39, 0.29) is 18.0 Å². The van der Waals surface area contributed by atoms with Crippen molar-refractivity contribution in [3.05, 3.63) is 0 Å². The Hall–Kier alpha value is -1.14. The van der Waals surface area contributed by atoms with Gasteiger partial charge in [0.2, 0.25) is 5.91 Å². The molecule has 0 spiro atoms. The quantitative estimate of drug-likeness (QED) is 0.660. The average molecular weight is 326 g/mol. The molecule has 0 aromatic rings. The Bertz CT molecular complexity index is 388. The van der Waals surface area contributed by atoms with Crippen molar-refractivity contribution in [3.8, 4) is 0 Å². The van der Waals surface area contributed by atoms with Gasteiger partial charge in [0.05, 0.1) is 26.2 Å². The van der Waals surface area contributed by atoms with E-state index < -0.39 is 0 Å². The minimum Gasteiger partial charge on any atom is -0.469 e. The maximum absolute atomic E-state index is 12.5. The van der Waals surface area contributed by atoms with Gasteiger partial charge in [-0.3, -0.25) is 14.5 Å². The van der Waals surface area contributed by atoms with Gasteiger partial charge >= 0.3 is 5.97 Å². The highest BCUT2D eigenvalue weighted by Crippen LogP contribution is 2.17. The summed E-state index contributed by atoms with van der Waals surface area (Å²) in [5.74, 6) is 0.641. The normalized spacial score (nSPS) is 22.6. The molecule has 0 aromatic heterocycles. The van der Waals surface area contributed by atoms with Crippen LogP contribution in [0.1, 0.15) is 39.0 Å². The zero-order valence-electron chi connectivity index (χ0n) is 14.5. The molecule has 2 saturated heterocycles. The molecule has 2 heterocycles. The fraction of sp³-hybridized carbons (Fsp3) is 0.882. The van der Waals surface area contributed by atoms with E-state index >= 15 is 0 Å². The number of carbonyl (C=O) groups excluding carboxylic acids is 2. The Morgan fingerprint density at radius 2 is 2.00 bits per heavy atom. The van der Waals surface area contributed by atoms with Crippen LogP contribution >= 0.6 is 0 Å². The lowest BCUT2D eigenvalue weighted by Crippen LogP contribution is -2.46. The number of ether oxygens (including phenoxy) is 2. The molecular weight excluding hydrogens is 296 g/mol. The maximum atomic E-state index is 12.5. The van der Waals surface area contributed by atoms with Crippen LogP contribution in [0.4, 0.5) is 0 Å². The van der Waals surface area contributed by atoms with Gasteiger partial charge in [0, 0.05) is 32.8 Å². The summed E-state index contributed by atoms with van der Waals surface area (Å²) in [4.78, 5) is 27.9. The molecule has 2 fully saturated rings. The maximum Gasteiger partial charge on any atom is 0.306 e. The van der Waals surface area contributed by atoms with Crippen LogP contribution in [0.15, 0.2) is 0 Å². The van der Waals surface area contributed by atoms with E-state index in [4.69, 9.17) is 9.47 Å². The van der Waals surface area contributed by atoms with Crippen molar-refractivity contribution in [2.75, 3.05) is 46.4 Å². The summed E-state index contributed by atoms with van der Waals surface area (Å²) in [5.41, 5.74) is 0. The summed E-state index contributed by atoms with van der Waals surface area (Å²) >= 11 is 0. The number of esters is 1. The zero-order valence-corrected chi connectivity index (χ0v) is 14.5. The van der Waals surface area contributed by atoms with Gasteiger partial charge < -0.3 is 14.4 Å². The SMILES string of the molecule is COC(=O)CCN(CC(=O)N1CCC(C)CC1)CC1CCCO1. The molecular formula is C17H30N2O4. The Morgan fingerprint density at radius 3 is 2.61 bits per heavy atom. The van der Waals surface area contributed by atoms with Crippen LogP contribution in [0, 0.1) is 5.92 Å². The largest absolute Gasteiger partial charge is 0.469 e. The van der Waals surface area contributed by atoms with Gasteiger partial charge in [-0.1, -0.05) is 6.92 Å². The summed E-state index contributed by atoms with van der Waals surface area (Å²) in [6.07, 6.45) is 4.77. The van der Waals surface area contributed by atoms with E-state index in [1.807, 2.05) is 9.80 Å². The number of likely N-dealkylation sites (tertiary alicyclic amines) is 1. The van der Waals surface area contributed by atoms with Gasteiger partial charge in [-0.2, -0.15) is 0 Å². The lowest BCUT2D eigenvalue weighted by Gasteiger charge is -2.33. The van der Waals surface area contributed by atoms with E-state index in [9.17, 15) is 9.59 Å². The highest BCUT2D eigenvalue weighted by atomic mass is 16.5. The van der Waals surface area contributed by atoms with Gasteiger partial charge in [-0.25, -0.2) is 0 Å². The third-order valence-corrected chi connectivity index (χ3v) is 4.84. The first-order valence-electron chi connectivity index (χ1n) is 8.77. The summed E-state index contributed by atoms with van der Waals surface area (Å²) < 4.78 is 10.4. The molecule has 0 saturated carbocycles. The summed E-state index contributed by atoms with van der Waals surface area (Å²) in [6.45, 7) is 6.37. The molecule has 0 aliphatic carbocycles. The molecule has 2 aliphatic rings. The Morgan fingerprint density at radius 1 is 1.26 bits per heavy atom. The van der Waals surface area contributed by atoms with Crippen molar-refractivity contribution >= 4 is 11.9 Å². The molecule has 6 nitrogen and oxygen atoms in total. The lowest BCUT2D eigenvalue weighted by atomic mass is 9.99. The molecule has 0 radical (unpaired) electrons. The number of nitrogens with zero attached hydrogens (tertiary/aromatic N) is 2. The van der Waals surface area contributed by atoms with Crippen LogP contribution in [0.3, 0.4) is 0 Å². The van der Waals surface area contributed by atoms with Crippen LogP contribution < -0.4 is 0 Å². The second-order valence-electron chi connectivity index (χ2n) is 6.76. The molecule has 132 valence electrons. The fourth-order valence-electron chi connectivity index (χ4n) is 3.21. The Kier molecular flexibility index (Phi) is 7.30. The van der Waals surface area contributed by atoms with Crippen molar-refractivity contribution in [2.45, 2.75) is 45.1 Å². The molecule has 0 N–H and O–H groups in total. The van der Waals surface area contributed by atoms with Crippen molar-refractivity contribution in [1.29, 1.82) is 0 Å². The lowest BCUT2D eigenvalue weighted by molar-refractivity contribution is -0.142. The average Bonchev–Trinajstić information content (AvgIpc) is 3.05. The smallest absolute Gasteiger partial charge is 0.306 e. The molecule has 6 heteroatoms. The number of hydrogen-bond acceptors (Lipinski definition) is 5. The summed E-state index contributed by atoms with van der Waals surface area (Å²) in [6, 6.07) is 0. The van der Waals surface area contributed by atoms with E-state index in [0.29, 0.717) is 32.0 Å². The van der Waals surface area contributed by atoms with Crippen LogP contribution in [0.25, 0.3) is 0 Å². The first-order chi connectivity index (χ1) is 11.1. The molecule has 2 rings (SSSR count). The predicted molar refractivity (Wildman–Crippen MR) is 87.0 cm³/mol. The first-order valence-corrected chi connectivity index (χ1v) is 8.77. The predicted octanol–water partition coefficient (Wildman–Crippen LogP) is 1.29. The third-order valence-electron chi connectivity index (χ3n) is 4.84. The minimum absolute atomic E-state index is 0.166. The fourth-order valence-corrected chi connectivity index (χ4v) is 3.21. The number of amides is 1. The number of piperidine rings is 1. The zero-order chi connectivity index (χ0) is 16.7. The van der Waals surface area contributed by atoms with Crippen molar-refractivity contribution in [1.82, 2.24) is 9.80 Å². The van der Waals surface area contributed by atoms with E-state index in [1.54, 1.807) is 0 Å². The highest BCUT2D eigenvalue weighted by Gasteiger charge is 2.25. The van der Waals surface area contributed by atoms with Crippen LogP contribution in [-0.4, -0.2) is 74.2 Å². The van der Waals surface area contributed by atoms with Gasteiger partial charge in [0.15, 0.2) is 0 Å². The van der Waals surface area contributed by atoms with E-state index in [2.05, 4.69) is 6.92 Å². The number of carbonyl (C=O) groups is 2. The van der Waals surface area contributed by atoms with E-state index in [0.717, 1.165) is 45.4 Å². The number of rotatable bonds is 7. The Balaban J connectivity index is 1.84. The molecule has 0 aromatic carbocycles. The standard InChI is InChI=1S/C17H30N2O4/c1-14-5-9-19(10-6-14)16(20)13-18(8-7-17(21)22-2)12-15-4-3-11-23-15/h14-15H,3-13H2,1-2H3. The van der Waals surface area contributed by atoms with Crippen molar-refractivity contribution in [3.63, 3.8) is 0 Å². The molecule has 1 atom stereocenters. The van der Waals surface area contributed by atoms with Gasteiger partial charge in [0.25, 0.3) is 0 Å². The third kappa shape index (κ3) is 6.11. The molecule has 2 aliphatic heterocycles. The Labute approximate surface area is 139 Å². The minimum atomic E-state index is -0.235. The number of hydrogen-bond donors (Lipinski definition) is 0. The molecule has 23 heavy (non-hydrogen) atoms. The van der Waals surface area contributed by atoms with Gasteiger partial charge in [0.1, 0.15) is 0 Å². The molecule has 1 unspecified atom stereocenters. The topological polar surface area (TPSA) is 59.1 Å². The van der Waals surface area contributed by atoms with Crippen LogP contribution in [0.5, 0.6) is 0 Å². The number of methoxy groups -OCH3 is 1. The first kappa shape index (κ1) is 18.2. The van der Waals surface area contributed by atoms with Gasteiger partial charge in [-0.15, -0.1) is 0 Å². The van der Waals surface area contributed by atoms with Crippen LogP contribution in [0.2, 0.25) is 0 Å². The monoisotopic (exact) mass is 326 g/mol. The van der Waals surface area contributed by atoms with Crippen molar-refractivity contribution < 1.29 is 19.1 Å². The van der Waals surface area contributed by atoms with Crippen LogP contribution in [-0.2, 0) is 19.1 Å². The highest BCUT2D eigenvalue weighted by molar-refractivity contribution is 5.78. The summed E-state index contributed by atoms with van der Waals surface area (Å²) in [5, 5.41) is 0. The second-order valence-corrected chi connectivity index (χ2v) is 6.76. The second kappa shape index (κ2) is 9.23. The summed E-state index contributed by atoms with van der Waals surface area (Å²) in [7, 11) is 1.40. The van der Waals surface area contributed by atoms with Gasteiger partial charge in [-0.05, 0) is 31.6 Å². The van der Waals surface area contributed by atoms with E-state index in [1.165, 1.54) is 7.11 Å². The van der Waals surface area contributed by atoms with Crippen molar-refractivity contribution in [2.24, 2.45) is 5.92 Å². The molecule has 1 amide bonds. The molecule has 0 bridgehead atoms.